The average Bonchev–Trinajstić information content (AvgIpc) is 3.39. The highest BCUT2D eigenvalue weighted by atomic mass is 35.5. The molecule has 0 spiro atoms. The van der Waals surface area contributed by atoms with E-state index >= 15 is 0 Å². The van der Waals surface area contributed by atoms with Crippen LogP contribution < -0.4 is 14.8 Å². The van der Waals surface area contributed by atoms with Gasteiger partial charge in [-0.15, -0.1) is 0 Å². The maximum Gasteiger partial charge on any atom is 0.338 e. The lowest BCUT2D eigenvalue weighted by molar-refractivity contribution is -0.129. The maximum absolute atomic E-state index is 13.4. The quantitative estimate of drug-likeness (QED) is 0.382. The molecule has 1 fully saturated rings. The SMILES string of the molecule is CCOC(=O)c1ccc(N=C2S[C@H](C(=O)Nc3cccc(Cl)c3)CC(=O)N2Cc2ccc3c(c2)OCO3)cc1. The summed E-state index contributed by atoms with van der Waals surface area (Å²) in [5, 5.41) is 2.97. The van der Waals surface area contributed by atoms with Gasteiger partial charge in [0.1, 0.15) is 5.25 Å². The molecule has 0 aliphatic carbocycles. The van der Waals surface area contributed by atoms with Gasteiger partial charge in [-0.2, -0.15) is 0 Å². The minimum Gasteiger partial charge on any atom is -0.462 e. The van der Waals surface area contributed by atoms with Gasteiger partial charge in [0.2, 0.25) is 18.6 Å². The molecule has 2 aliphatic rings. The van der Waals surface area contributed by atoms with Gasteiger partial charge in [-0.3, -0.25) is 14.5 Å². The number of hydrogen-bond acceptors (Lipinski definition) is 8. The minimum absolute atomic E-state index is 0.0115. The van der Waals surface area contributed by atoms with Crippen molar-refractivity contribution in [3.05, 3.63) is 82.9 Å². The number of aliphatic imine (C=N–C) groups is 1. The molecule has 200 valence electrons. The Bertz CT molecular complexity index is 1450. The molecule has 3 aromatic carbocycles. The summed E-state index contributed by atoms with van der Waals surface area (Å²) >= 11 is 7.24. The molecule has 2 aliphatic heterocycles. The van der Waals surface area contributed by atoms with E-state index in [1.165, 1.54) is 11.8 Å². The normalized spacial score (nSPS) is 17.3. The topological polar surface area (TPSA) is 107 Å². The van der Waals surface area contributed by atoms with Crippen LogP contribution in [0.4, 0.5) is 11.4 Å². The van der Waals surface area contributed by atoms with Crippen molar-refractivity contribution in [1.29, 1.82) is 0 Å². The second-order valence-electron chi connectivity index (χ2n) is 8.64. The fourth-order valence-corrected chi connectivity index (χ4v) is 5.29. The van der Waals surface area contributed by atoms with Crippen LogP contribution in [0.1, 0.15) is 29.3 Å². The van der Waals surface area contributed by atoms with Crippen molar-refractivity contribution in [3.63, 3.8) is 0 Å². The Labute approximate surface area is 234 Å². The van der Waals surface area contributed by atoms with Gasteiger partial charge >= 0.3 is 5.97 Å². The summed E-state index contributed by atoms with van der Waals surface area (Å²) in [4.78, 5) is 44.8. The number of nitrogens with zero attached hydrogens (tertiary/aromatic N) is 2. The number of anilines is 1. The van der Waals surface area contributed by atoms with Crippen LogP contribution >= 0.6 is 23.4 Å². The highest BCUT2D eigenvalue weighted by molar-refractivity contribution is 8.15. The van der Waals surface area contributed by atoms with Crippen LogP contribution in [0.3, 0.4) is 0 Å². The van der Waals surface area contributed by atoms with Crippen LogP contribution in [-0.4, -0.2) is 46.5 Å². The molecule has 1 N–H and O–H groups in total. The Kier molecular flexibility index (Phi) is 8.04. The lowest BCUT2D eigenvalue weighted by Crippen LogP contribution is -2.44. The number of ether oxygens (including phenoxy) is 3. The van der Waals surface area contributed by atoms with Crippen LogP contribution in [0.2, 0.25) is 5.02 Å². The average molecular weight is 566 g/mol. The molecule has 3 aromatic rings. The molecule has 1 atom stereocenters. The second kappa shape index (κ2) is 11.8. The third-order valence-corrected chi connectivity index (χ3v) is 7.33. The van der Waals surface area contributed by atoms with E-state index < -0.39 is 11.2 Å². The van der Waals surface area contributed by atoms with Crippen molar-refractivity contribution in [2.45, 2.75) is 25.1 Å². The number of amides is 2. The molecule has 2 amide bonds. The molecule has 5 rings (SSSR count). The predicted octanol–water partition coefficient (Wildman–Crippen LogP) is 5.41. The first-order chi connectivity index (χ1) is 18.9. The molecular formula is C28H24ClN3O6S. The maximum atomic E-state index is 13.4. The number of carbonyl (C=O) groups is 3. The van der Waals surface area contributed by atoms with Crippen LogP contribution in [0, 0.1) is 0 Å². The summed E-state index contributed by atoms with van der Waals surface area (Å²) in [7, 11) is 0. The molecule has 0 saturated carbocycles. The molecular weight excluding hydrogens is 542 g/mol. The predicted molar refractivity (Wildman–Crippen MR) is 149 cm³/mol. The van der Waals surface area contributed by atoms with Crippen LogP contribution in [0.15, 0.2) is 71.7 Å². The molecule has 9 nitrogen and oxygen atoms in total. The first kappa shape index (κ1) is 26.6. The second-order valence-corrected chi connectivity index (χ2v) is 10.2. The van der Waals surface area contributed by atoms with Gasteiger partial charge in [0.15, 0.2) is 16.7 Å². The largest absolute Gasteiger partial charge is 0.462 e. The molecule has 11 heteroatoms. The van der Waals surface area contributed by atoms with E-state index in [4.69, 9.17) is 30.8 Å². The number of halogens is 1. The zero-order chi connectivity index (χ0) is 27.4. The molecule has 0 aromatic heterocycles. The number of thioether (sulfide) groups is 1. The van der Waals surface area contributed by atoms with Crippen LogP contribution in [0.25, 0.3) is 0 Å². The summed E-state index contributed by atoms with van der Waals surface area (Å²) in [6.07, 6.45) is -0.0115. The van der Waals surface area contributed by atoms with Crippen molar-refractivity contribution in [2.75, 3.05) is 18.7 Å². The monoisotopic (exact) mass is 565 g/mol. The van der Waals surface area contributed by atoms with Gasteiger partial charge in [-0.05, 0) is 67.1 Å². The van der Waals surface area contributed by atoms with E-state index in [-0.39, 0.29) is 38.2 Å². The fraction of sp³-hybridized carbons (Fsp3) is 0.214. The number of amidine groups is 1. The van der Waals surface area contributed by atoms with Crippen molar-refractivity contribution < 1.29 is 28.6 Å². The van der Waals surface area contributed by atoms with Gasteiger partial charge in [0, 0.05) is 17.1 Å². The summed E-state index contributed by atoms with van der Waals surface area (Å²) < 4.78 is 15.9. The molecule has 2 heterocycles. The Hall–Kier alpha value is -4.02. The van der Waals surface area contributed by atoms with Gasteiger partial charge in [0.25, 0.3) is 0 Å². The van der Waals surface area contributed by atoms with E-state index in [9.17, 15) is 14.4 Å². The summed E-state index contributed by atoms with van der Waals surface area (Å²) in [5.41, 5.74) is 2.27. The number of benzene rings is 3. The standard InChI is InChI=1S/C28H24ClN3O6S/c1-2-36-27(35)18-7-9-20(10-8-18)31-28-32(15-17-6-11-22-23(12-17)38-16-37-22)25(33)14-24(39-28)26(34)30-21-5-3-4-19(29)13-21/h3-13,24H,2,14-16H2,1H3,(H,30,34)/t24-/m0/s1. The number of nitrogens with one attached hydrogen (secondary N) is 1. The highest BCUT2D eigenvalue weighted by Crippen LogP contribution is 2.35. The third kappa shape index (κ3) is 6.35. The van der Waals surface area contributed by atoms with E-state index in [2.05, 4.69) is 5.32 Å². The number of hydrogen-bond donors (Lipinski definition) is 1. The fourth-order valence-electron chi connectivity index (χ4n) is 4.00. The minimum atomic E-state index is -0.706. The number of fused-ring (bicyclic) bond motifs is 1. The van der Waals surface area contributed by atoms with Crippen molar-refractivity contribution >= 4 is 57.7 Å². The summed E-state index contributed by atoms with van der Waals surface area (Å²) in [6, 6.07) is 18.8. The van der Waals surface area contributed by atoms with Gasteiger partial charge < -0.3 is 19.5 Å². The first-order valence-corrected chi connectivity index (χ1v) is 13.4. The zero-order valence-electron chi connectivity index (χ0n) is 20.9. The Balaban J connectivity index is 1.41. The smallest absolute Gasteiger partial charge is 0.338 e. The first-order valence-electron chi connectivity index (χ1n) is 12.2. The number of carbonyl (C=O) groups excluding carboxylic acids is 3. The molecule has 0 bridgehead atoms. The highest BCUT2D eigenvalue weighted by Gasteiger charge is 2.36. The van der Waals surface area contributed by atoms with E-state index in [0.717, 1.165) is 5.56 Å². The molecule has 1 saturated heterocycles. The van der Waals surface area contributed by atoms with Crippen LogP contribution in [0.5, 0.6) is 11.5 Å². The molecule has 0 radical (unpaired) electrons. The number of esters is 1. The van der Waals surface area contributed by atoms with E-state index in [0.29, 0.717) is 38.6 Å². The number of rotatable bonds is 7. The summed E-state index contributed by atoms with van der Waals surface area (Å²) in [6.45, 7) is 2.39. The molecule has 0 unspecified atom stereocenters. The van der Waals surface area contributed by atoms with Crippen LogP contribution in [-0.2, 0) is 20.9 Å². The third-order valence-electron chi connectivity index (χ3n) is 5.91. The van der Waals surface area contributed by atoms with Crippen molar-refractivity contribution in [3.8, 4) is 11.5 Å². The van der Waals surface area contributed by atoms with E-state index in [1.807, 2.05) is 12.1 Å². The Morgan fingerprint density at radius 2 is 1.90 bits per heavy atom. The van der Waals surface area contributed by atoms with E-state index in [1.54, 1.807) is 66.4 Å². The Morgan fingerprint density at radius 3 is 2.67 bits per heavy atom. The molecule has 39 heavy (non-hydrogen) atoms. The van der Waals surface area contributed by atoms with Gasteiger partial charge in [-0.1, -0.05) is 35.5 Å². The van der Waals surface area contributed by atoms with Crippen molar-refractivity contribution in [1.82, 2.24) is 4.90 Å². The summed E-state index contributed by atoms with van der Waals surface area (Å²) in [5.74, 6) is 0.243. The van der Waals surface area contributed by atoms with Gasteiger partial charge in [-0.25, -0.2) is 9.79 Å². The lowest BCUT2D eigenvalue weighted by Gasteiger charge is -2.32. The Morgan fingerprint density at radius 1 is 1.10 bits per heavy atom. The van der Waals surface area contributed by atoms with Crippen molar-refractivity contribution in [2.24, 2.45) is 4.99 Å². The lowest BCUT2D eigenvalue weighted by atomic mass is 10.1. The van der Waals surface area contributed by atoms with Gasteiger partial charge in [0.05, 0.1) is 24.4 Å². The zero-order valence-corrected chi connectivity index (χ0v) is 22.5.